The van der Waals surface area contributed by atoms with Crippen LogP contribution in [0.5, 0.6) is 5.75 Å². The summed E-state index contributed by atoms with van der Waals surface area (Å²) in [7, 11) is 0. The maximum atomic E-state index is 9.40. The van der Waals surface area contributed by atoms with Crippen LogP contribution in [0.4, 0.5) is 0 Å². The van der Waals surface area contributed by atoms with Gasteiger partial charge in [0.25, 0.3) is 0 Å². The van der Waals surface area contributed by atoms with E-state index >= 15 is 0 Å². The second kappa shape index (κ2) is 3.98. The number of phenolic OH excluding ortho intramolecular Hbond substituents is 1. The number of hydrogen-bond acceptors (Lipinski definition) is 3. The van der Waals surface area contributed by atoms with Gasteiger partial charge in [0.1, 0.15) is 5.75 Å². The number of nitrogens with zero attached hydrogens (tertiary/aromatic N) is 2. The van der Waals surface area contributed by atoms with Gasteiger partial charge in [0.2, 0.25) is 0 Å². The summed E-state index contributed by atoms with van der Waals surface area (Å²) in [6.45, 7) is 4.32. The van der Waals surface area contributed by atoms with Crippen molar-refractivity contribution >= 4 is 0 Å². The molecule has 2 aromatic rings. The first-order chi connectivity index (χ1) is 7.61. The molecule has 0 aliphatic carbocycles. The summed E-state index contributed by atoms with van der Waals surface area (Å²) >= 11 is 0. The van der Waals surface area contributed by atoms with Crippen LogP contribution in [-0.4, -0.2) is 14.9 Å². The van der Waals surface area contributed by atoms with Crippen LogP contribution in [0.2, 0.25) is 0 Å². The van der Waals surface area contributed by atoms with Crippen LogP contribution in [0.25, 0.3) is 5.69 Å². The van der Waals surface area contributed by atoms with E-state index in [9.17, 15) is 5.11 Å². The van der Waals surface area contributed by atoms with E-state index in [1.54, 1.807) is 12.1 Å². The van der Waals surface area contributed by atoms with E-state index in [1.807, 2.05) is 30.7 Å². The number of benzene rings is 1. The monoisotopic (exact) mass is 217 g/mol. The lowest BCUT2D eigenvalue weighted by atomic mass is 10.1. The van der Waals surface area contributed by atoms with Crippen LogP contribution >= 0.6 is 0 Å². The van der Waals surface area contributed by atoms with E-state index in [2.05, 4.69) is 5.10 Å². The van der Waals surface area contributed by atoms with Gasteiger partial charge in [0.05, 0.1) is 11.4 Å². The highest BCUT2D eigenvalue weighted by Crippen LogP contribution is 2.21. The summed E-state index contributed by atoms with van der Waals surface area (Å²) in [5.74, 6) is 0.228. The molecule has 0 amide bonds. The van der Waals surface area contributed by atoms with Gasteiger partial charge in [-0.1, -0.05) is 0 Å². The summed E-state index contributed by atoms with van der Waals surface area (Å²) in [6.07, 6.45) is 0. The standard InChI is InChI=1S/C12H15N3O/c1-8-5-9(2)15(14-8)12-4-3-11(16)6-10(12)7-13/h3-6,16H,7,13H2,1-2H3. The van der Waals surface area contributed by atoms with E-state index in [0.29, 0.717) is 6.54 Å². The third kappa shape index (κ3) is 1.79. The molecule has 4 nitrogen and oxygen atoms in total. The van der Waals surface area contributed by atoms with Gasteiger partial charge >= 0.3 is 0 Å². The minimum Gasteiger partial charge on any atom is -0.508 e. The van der Waals surface area contributed by atoms with Crippen LogP contribution in [-0.2, 0) is 6.54 Å². The van der Waals surface area contributed by atoms with E-state index in [1.165, 1.54) is 0 Å². The molecule has 2 rings (SSSR count). The van der Waals surface area contributed by atoms with Crippen LogP contribution in [0.1, 0.15) is 17.0 Å². The van der Waals surface area contributed by atoms with Crippen molar-refractivity contribution in [3.63, 3.8) is 0 Å². The molecule has 0 aliphatic heterocycles. The number of nitrogens with two attached hydrogens (primary N) is 1. The SMILES string of the molecule is Cc1cc(C)n(-c2ccc(O)cc2CN)n1. The molecular weight excluding hydrogens is 202 g/mol. The fraction of sp³-hybridized carbons (Fsp3) is 0.250. The van der Waals surface area contributed by atoms with Gasteiger partial charge in [-0.15, -0.1) is 0 Å². The Labute approximate surface area is 94.3 Å². The first-order valence-corrected chi connectivity index (χ1v) is 5.17. The van der Waals surface area contributed by atoms with Crippen molar-refractivity contribution in [3.05, 3.63) is 41.2 Å². The van der Waals surface area contributed by atoms with Gasteiger partial charge in [-0.05, 0) is 43.7 Å². The van der Waals surface area contributed by atoms with Gasteiger partial charge in [0.15, 0.2) is 0 Å². The van der Waals surface area contributed by atoms with Crippen molar-refractivity contribution in [2.75, 3.05) is 0 Å². The molecule has 0 radical (unpaired) electrons. The second-order valence-electron chi connectivity index (χ2n) is 3.86. The largest absolute Gasteiger partial charge is 0.508 e. The number of hydrogen-bond donors (Lipinski definition) is 2. The van der Waals surface area contributed by atoms with E-state index in [0.717, 1.165) is 22.6 Å². The third-order valence-corrected chi connectivity index (χ3v) is 2.52. The van der Waals surface area contributed by atoms with Gasteiger partial charge in [0, 0.05) is 12.2 Å². The normalized spacial score (nSPS) is 10.7. The zero-order valence-corrected chi connectivity index (χ0v) is 9.44. The van der Waals surface area contributed by atoms with Crippen molar-refractivity contribution in [3.8, 4) is 11.4 Å². The van der Waals surface area contributed by atoms with Crippen LogP contribution in [0.3, 0.4) is 0 Å². The van der Waals surface area contributed by atoms with Crippen molar-refractivity contribution in [2.24, 2.45) is 5.73 Å². The Morgan fingerprint density at radius 3 is 2.62 bits per heavy atom. The number of aromatic nitrogens is 2. The molecule has 0 saturated carbocycles. The average molecular weight is 217 g/mol. The minimum atomic E-state index is 0.228. The van der Waals surface area contributed by atoms with Gasteiger partial charge in [-0.25, -0.2) is 4.68 Å². The molecule has 0 bridgehead atoms. The molecule has 1 aromatic carbocycles. The molecular formula is C12H15N3O. The van der Waals surface area contributed by atoms with E-state index < -0.39 is 0 Å². The van der Waals surface area contributed by atoms with Crippen molar-refractivity contribution < 1.29 is 5.11 Å². The summed E-state index contributed by atoms with van der Waals surface area (Å²) in [5.41, 5.74) is 9.48. The average Bonchev–Trinajstić information content (AvgIpc) is 2.57. The lowest BCUT2D eigenvalue weighted by Crippen LogP contribution is -2.06. The Morgan fingerprint density at radius 1 is 1.31 bits per heavy atom. The predicted octanol–water partition coefficient (Wildman–Crippen LogP) is 1.65. The molecule has 4 heteroatoms. The number of aromatic hydroxyl groups is 1. The first-order valence-electron chi connectivity index (χ1n) is 5.17. The minimum absolute atomic E-state index is 0.228. The smallest absolute Gasteiger partial charge is 0.116 e. The summed E-state index contributed by atoms with van der Waals surface area (Å²) in [5, 5.41) is 13.8. The zero-order chi connectivity index (χ0) is 11.7. The topological polar surface area (TPSA) is 64.1 Å². The maximum absolute atomic E-state index is 9.40. The molecule has 16 heavy (non-hydrogen) atoms. The summed E-state index contributed by atoms with van der Waals surface area (Å²) in [4.78, 5) is 0. The Kier molecular flexibility index (Phi) is 2.66. The highest BCUT2D eigenvalue weighted by atomic mass is 16.3. The maximum Gasteiger partial charge on any atom is 0.116 e. The van der Waals surface area contributed by atoms with E-state index in [4.69, 9.17) is 5.73 Å². The first kappa shape index (κ1) is 10.7. The Hall–Kier alpha value is -1.81. The van der Waals surface area contributed by atoms with E-state index in [-0.39, 0.29) is 5.75 Å². The van der Waals surface area contributed by atoms with Gasteiger partial charge < -0.3 is 10.8 Å². The Morgan fingerprint density at radius 2 is 2.06 bits per heavy atom. The predicted molar refractivity (Wildman–Crippen MR) is 62.6 cm³/mol. The molecule has 0 atom stereocenters. The zero-order valence-electron chi connectivity index (χ0n) is 9.44. The molecule has 3 N–H and O–H groups in total. The molecule has 84 valence electrons. The molecule has 1 aromatic heterocycles. The summed E-state index contributed by atoms with van der Waals surface area (Å²) in [6, 6.07) is 7.15. The number of phenols is 1. The lowest BCUT2D eigenvalue weighted by Gasteiger charge is -2.10. The van der Waals surface area contributed by atoms with Crippen LogP contribution in [0.15, 0.2) is 24.3 Å². The Balaban J connectivity index is 2.59. The highest BCUT2D eigenvalue weighted by molar-refractivity contribution is 5.45. The van der Waals surface area contributed by atoms with Crippen LogP contribution in [0, 0.1) is 13.8 Å². The van der Waals surface area contributed by atoms with Gasteiger partial charge in [-0.2, -0.15) is 5.10 Å². The summed E-state index contributed by atoms with van der Waals surface area (Å²) < 4.78 is 1.84. The molecule has 0 aliphatic rings. The molecule has 1 heterocycles. The fourth-order valence-electron chi connectivity index (χ4n) is 1.81. The molecule has 0 saturated heterocycles. The second-order valence-corrected chi connectivity index (χ2v) is 3.86. The fourth-order valence-corrected chi connectivity index (χ4v) is 1.81. The van der Waals surface area contributed by atoms with Crippen LogP contribution < -0.4 is 5.73 Å². The lowest BCUT2D eigenvalue weighted by molar-refractivity contribution is 0.474. The van der Waals surface area contributed by atoms with Gasteiger partial charge in [-0.3, -0.25) is 0 Å². The quantitative estimate of drug-likeness (QED) is 0.804. The molecule has 0 unspecified atom stereocenters. The number of aryl methyl sites for hydroxylation is 2. The molecule has 0 fully saturated rings. The van der Waals surface area contributed by atoms with Crippen molar-refractivity contribution in [1.82, 2.24) is 9.78 Å². The number of rotatable bonds is 2. The Bertz CT molecular complexity index is 517. The van der Waals surface area contributed by atoms with Crippen molar-refractivity contribution in [1.29, 1.82) is 0 Å². The van der Waals surface area contributed by atoms with Crippen molar-refractivity contribution in [2.45, 2.75) is 20.4 Å². The molecule has 0 spiro atoms. The third-order valence-electron chi connectivity index (χ3n) is 2.52. The highest BCUT2D eigenvalue weighted by Gasteiger charge is 2.08.